The van der Waals surface area contributed by atoms with Crippen LogP contribution in [0.5, 0.6) is 17.2 Å². The van der Waals surface area contributed by atoms with Gasteiger partial charge in [-0.05, 0) is 183 Å². The van der Waals surface area contributed by atoms with Crippen molar-refractivity contribution in [3.63, 3.8) is 0 Å². The fourth-order valence-electron chi connectivity index (χ4n) is 12.6. The molecule has 3 N–H and O–H groups in total. The zero-order valence-corrected chi connectivity index (χ0v) is 60.9. The van der Waals surface area contributed by atoms with Crippen molar-refractivity contribution in [2.45, 2.75) is 72.1 Å². The van der Waals surface area contributed by atoms with E-state index in [1.54, 1.807) is 6.20 Å². The van der Waals surface area contributed by atoms with Crippen molar-refractivity contribution in [3.8, 4) is 79.8 Å². The van der Waals surface area contributed by atoms with Crippen molar-refractivity contribution in [2.75, 3.05) is 19.8 Å². The van der Waals surface area contributed by atoms with E-state index in [2.05, 4.69) is 25.1 Å². The standard InChI is InChI=1S/C31H28N2O4.C30H26N2O4.C29H26N4O4/c1-22-29(32-30(37-22)24-10-4-2-5-11-24)17-18-36-27-14-8-9-23(19-27)15-16-25-20-33(21-28(25)31(34)35)26-12-6-3-7-13-26;1-21-28(31-30(36-21)22-9-4-2-5-10-22)15-16-35-26-14-8-11-23(17-26)27-20-32(19-24(27)18-29(33)34)25-12-6-3-7-13-25;1-20-25(30-28(37-20)22-10-4-2-5-11-22)17-18-36-24-14-8-9-21(19-24)15-16-26-27(29(34)35)32-33(31-26)23-12-6-3-7-13-23/h2-14,19-21H,15-18H2,1H3,(H,34,35);2-14,17,19-20H,15-16,18H2,1H3,(H,33,34);2-14,19H,15-18H2,1H3,(H,34,35). The zero-order chi connectivity index (χ0) is 76.1. The lowest BCUT2D eigenvalue weighted by Crippen LogP contribution is -2.04. The molecule has 6 aromatic heterocycles. The van der Waals surface area contributed by atoms with Crippen LogP contribution >= 0.6 is 0 Å². The van der Waals surface area contributed by atoms with E-state index in [4.69, 9.17) is 27.5 Å². The molecule has 552 valence electrons. The van der Waals surface area contributed by atoms with E-state index in [-0.39, 0.29) is 12.1 Å². The molecule has 0 aliphatic heterocycles. The van der Waals surface area contributed by atoms with Crippen LogP contribution in [-0.4, -0.2) is 92.1 Å². The van der Waals surface area contributed by atoms with Crippen LogP contribution in [0, 0.1) is 20.8 Å². The molecular weight excluding hydrogens is 1390 g/mol. The Labute approximate surface area is 635 Å². The van der Waals surface area contributed by atoms with Crippen LogP contribution in [0.4, 0.5) is 0 Å². The number of aromatic nitrogens is 8. The highest BCUT2D eigenvalue weighted by Crippen LogP contribution is 2.32. The number of aryl methyl sites for hydroxylation is 7. The second-order valence-corrected chi connectivity index (χ2v) is 26.0. The number of rotatable bonds is 29. The van der Waals surface area contributed by atoms with Gasteiger partial charge in [-0.2, -0.15) is 9.90 Å². The number of carboxylic acid groups (broad SMARTS) is 3. The summed E-state index contributed by atoms with van der Waals surface area (Å²) in [5.41, 5.74) is 14.3. The maximum absolute atomic E-state index is 11.8. The molecule has 0 atom stereocenters. The van der Waals surface area contributed by atoms with Crippen molar-refractivity contribution in [3.05, 3.63) is 353 Å². The summed E-state index contributed by atoms with van der Waals surface area (Å²) in [6, 6.07) is 81.8. The average molecular weight is 1470 g/mol. The van der Waals surface area contributed by atoms with Gasteiger partial charge in [0.05, 0.1) is 60.3 Å². The monoisotopic (exact) mass is 1460 g/mol. The molecular formula is C90H80N8O12. The SMILES string of the molecule is Cc1oc(-c2ccccc2)nc1CCOc1cccc(-c2cn(-c3ccccc3)cc2CC(=O)O)c1.Cc1oc(-c2ccccc2)nc1CCOc1cccc(CCc2cn(-c3ccccc3)cc2C(=O)O)c1.Cc1oc(-c2ccccc2)nc1CCOc1cccc(CCc2nn(-c3ccccc3)nc2C(=O)O)c1. The van der Waals surface area contributed by atoms with Crippen molar-refractivity contribution >= 4 is 17.9 Å². The number of carbonyl (C=O) groups is 3. The highest BCUT2D eigenvalue weighted by Gasteiger charge is 2.21. The Hall–Kier alpha value is -13.9. The third-order valence-electron chi connectivity index (χ3n) is 18.2. The van der Waals surface area contributed by atoms with Crippen molar-refractivity contribution in [1.82, 2.24) is 39.1 Å². The molecule has 0 amide bonds. The average Bonchev–Trinajstić information content (AvgIpc) is 1.66. The number of aliphatic carboxylic acids is 1. The maximum Gasteiger partial charge on any atom is 0.358 e. The molecule has 110 heavy (non-hydrogen) atoms. The van der Waals surface area contributed by atoms with Gasteiger partial charge in [0.2, 0.25) is 17.7 Å². The lowest BCUT2D eigenvalue weighted by molar-refractivity contribution is -0.136. The van der Waals surface area contributed by atoms with Crippen molar-refractivity contribution in [1.29, 1.82) is 0 Å². The Morgan fingerprint density at radius 3 is 1.19 bits per heavy atom. The van der Waals surface area contributed by atoms with Gasteiger partial charge in [0.25, 0.3) is 0 Å². The molecule has 0 saturated heterocycles. The van der Waals surface area contributed by atoms with E-state index >= 15 is 0 Å². The number of oxazole rings is 3. The van der Waals surface area contributed by atoms with E-state index in [0.29, 0.717) is 105 Å². The van der Waals surface area contributed by atoms with Crippen LogP contribution in [0.2, 0.25) is 0 Å². The second-order valence-electron chi connectivity index (χ2n) is 26.0. The number of hydrogen-bond acceptors (Lipinski definition) is 14. The number of ether oxygens (including phenoxy) is 3. The molecule has 20 heteroatoms. The van der Waals surface area contributed by atoms with Crippen LogP contribution in [0.25, 0.3) is 62.6 Å². The molecule has 0 spiro atoms. The zero-order valence-electron chi connectivity index (χ0n) is 60.9. The van der Waals surface area contributed by atoms with E-state index in [0.717, 1.165) is 107 Å². The molecule has 0 aliphatic carbocycles. The van der Waals surface area contributed by atoms with Crippen LogP contribution in [0.3, 0.4) is 0 Å². The first-order chi connectivity index (χ1) is 53.7. The van der Waals surface area contributed by atoms with Gasteiger partial charge < -0.3 is 51.9 Å². The van der Waals surface area contributed by atoms with E-state index < -0.39 is 17.9 Å². The summed E-state index contributed by atoms with van der Waals surface area (Å²) < 4.78 is 39.4. The predicted molar refractivity (Wildman–Crippen MR) is 419 cm³/mol. The summed E-state index contributed by atoms with van der Waals surface area (Å²) in [7, 11) is 0. The quantitative estimate of drug-likeness (QED) is 0.0394. The molecule has 20 nitrogen and oxygen atoms in total. The molecule has 0 bridgehead atoms. The van der Waals surface area contributed by atoms with Gasteiger partial charge in [-0.1, -0.05) is 146 Å². The minimum absolute atomic E-state index is 0.0332. The van der Waals surface area contributed by atoms with Gasteiger partial charge in [-0.3, -0.25) is 4.79 Å². The molecule has 0 aliphatic rings. The fraction of sp³-hybridized carbons (Fsp3) is 0.156. The summed E-state index contributed by atoms with van der Waals surface area (Å²) in [5.74, 6) is 3.58. The minimum Gasteiger partial charge on any atom is -0.493 e. The topological polar surface area (TPSA) is 258 Å². The molecule has 9 aromatic carbocycles. The number of hydrogen-bond donors (Lipinski definition) is 3. The molecule has 15 rings (SSSR count). The van der Waals surface area contributed by atoms with Crippen LogP contribution in [0.1, 0.15) is 83.2 Å². The molecule has 0 fully saturated rings. The van der Waals surface area contributed by atoms with Crippen molar-refractivity contribution in [2.24, 2.45) is 0 Å². The lowest BCUT2D eigenvalue weighted by Gasteiger charge is -2.08. The fourth-order valence-corrected chi connectivity index (χ4v) is 12.6. The van der Waals surface area contributed by atoms with Crippen LogP contribution in [-0.2, 0) is 56.2 Å². The highest BCUT2D eigenvalue weighted by molar-refractivity contribution is 5.89. The summed E-state index contributed by atoms with van der Waals surface area (Å²) in [5, 5.41) is 37.3. The first kappa shape index (κ1) is 74.4. The smallest absolute Gasteiger partial charge is 0.358 e. The summed E-state index contributed by atoms with van der Waals surface area (Å²) >= 11 is 0. The van der Waals surface area contributed by atoms with Gasteiger partial charge in [0.15, 0.2) is 5.69 Å². The van der Waals surface area contributed by atoms with Gasteiger partial charge in [0.1, 0.15) is 34.5 Å². The van der Waals surface area contributed by atoms with E-state index in [9.17, 15) is 29.7 Å². The molecule has 15 aromatic rings. The Morgan fingerprint density at radius 2 is 0.755 bits per heavy atom. The molecule has 6 heterocycles. The van der Waals surface area contributed by atoms with Crippen LogP contribution in [0.15, 0.2) is 293 Å². The van der Waals surface area contributed by atoms with Crippen LogP contribution < -0.4 is 14.2 Å². The molecule has 0 radical (unpaired) electrons. The first-order valence-electron chi connectivity index (χ1n) is 36.1. The van der Waals surface area contributed by atoms with Gasteiger partial charge in [-0.15, -0.1) is 5.10 Å². The largest absolute Gasteiger partial charge is 0.493 e. The molecule has 0 saturated carbocycles. The third-order valence-corrected chi connectivity index (χ3v) is 18.2. The van der Waals surface area contributed by atoms with Gasteiger partial charge in [0, 0.05) is 77.7 Å². The van der Waals surface area contributed by atoms with E-state index in [1.165, 1.54) is 4.80 Å². The van der Waals surface area contributed by atoms with Gasteiger partial charge >= 0.3 is 17.9 Å². The number of carboxylic acids is 3. The Kier molecular flexibility index (Phi) is 24.3. The normalized spacial score (nSPS) is 10.9. The predicted octanol–water partition coefficient (Wildman–Crippen LogP) is 18.2. The highest BCUT2D eigenvalue weighted by atomic mass is 16.5. The molecule has 0 unspecified atom stereocenters. The Bertz CT molecular complexity index is 5310. The minimum atomic E-state index is -1.09. The van der Waals surface area contributed by atoms with Crippen molar-refractivity contribution < 1.29 is 57.2 Å². The number of benzene rings is 9. The number of para-hydroxylation sites is 3. The summed E-state index contributed by atoms with van der Waals surface area (Å²) in [6.45, 7) is 7.13. The number of nitrogens with zero attached hydrogens (tertiary/aromatic N) is 8. The van der Waals surface area contributed by atoms with Gasteiger partial charge in [-0.25, -0.2) is 24.5 Å². The maximum atomic E-state index is 11.8. The summed E-state index contributed by atoms with van der Waals surface area (Å²) in [6.07, 6.45) is 11.6. The second kappa shape index (κ2) is 35.9. The first-order valence-corrected chi connectivity index (χ1v) is 36.1. The lowest BCUT2D eigenvalue weighted by atomic mass is 10.0. The number of aromatic carboxylic acids is 2. The Morgan fingerprint density at radius 1 is 0.364 bits per heavy atom. The summed E-state index contributed by atoms with van der Waals surface area (Å²) in [4.78, 5) is 50.3. The Balaban J connectivity index is 0.000000145. The third kappa shape index (κ3) is 19.6. The van der Waals surface area contributed by atoms with E-state index in [1.807, 2.05) is 303 Å².